The van der Waals surface area contributed by atoms with E-state index in [1.54, 1.807) is 31.2 Å². The second kappa shape index (κ2) is 5.14. The lowest BCUT2D eigenvalue weighted by atomic mass is 9.87. The van der Waals surface area contributed by atoms with E-state index in [0.29, 0.717) is 0 Å². The highest BCUT2D eigenvalue weighted by Crippen LogP contribution is 2.36. The molecule has 1 fully saturated rings. The molecule has 0 saturated carbocycles. The molecule has 5 heteroatoms. The van der Waals surface area contributed by atoms with Gasteiger partial charge in [-0.3, -0.25) is 0 Å². The van der Waals surface area contributed by atoms with Crippen LogP contribution in [0.3, 0.4) is 0 Å². The Morgan fingerprint density at radius 2 is 1.85 bits per heavy atom. The molecule has 1 aromatic rings. The van der Waals surface area contributed by atoms with E-state index in [1.165, 1.54) is 4.31 Å². The molecule has 0 radical (unpaired) electrons. The summed E-state index contributed by atoms with van der Waals surface area (Å²) in [6.07, 6.45) is 2.67. The van der Waals surface area contributed by atoms with Gasteiger partial charge in [0.2, 0.25) is 10.0 Å². The molecule has 0 aromatic heterocycles. The van der Waals surface area contributed by atoms with Crippen LogP contribution in [-0.2, 0) is 14.8 Å². The molecule has 1 aliphatic rings. The van der Waals surface area contributed by atoms with Crippen LogP contribution in [0.1, 0.15) is 19.4 Å². The van der Waals surface area contributed by atoms with Gasteiger partial charge in [0, 0.05) is 13.1 Å². The van der Waals surface area contributed by atoms with Crippen molar-refractivity contribution in [2.24, 2.45) is 5.41 Å². The molecular formula is C15H19NO3S. The lowest BCUT2D eigenvalue weighted by molar-refractivity contribution is -0.113. The third-order valence-corrected chi connectivity index (χ3v) is 5.66. The molecule has 1 aliphatic heterocycles. The average molecular weight is 293 g/mol. The van der Waals surface area contributed by atoms with E-state index in [0.717, 1.165) is 17.4 Å². The van der Waals surface area contributed by atoms with Crippen molar-refractivity contribution in [2.45, 2.75) is 25.7 Å². The Balaban J connectivity index is 2.38. The predicted molar refractivity (Wildman–Crippen MR) is 77.9 cm³/mol. The summed E-state index contributed by atoms with van der Waals surface area (Å²) in [6, 6.07) is 6.77. The fraction of sp³-hybridized carbons (Fsp3) is 0.400. The van der Waals surface area contributed by atoms with E-state index in [2.05, 4.69) is 0 Å². The Kier molecular flexibility index (Phi) is 3.84. The van der Waals surface area contributed by atoms with Crippen LogP contribution in [0.4, 0.5) is 0 Å². The van der Waals surface area contributed by atoms with Gasteiger partial charge in [-0.05, 0) is 38.5 Å². The number of rotatable bonds is 3. The van der Waals surface area contributed by atoms with Crippen LogP contribution >= 0.6 is 0 Å². The van der Waals surface area contributed by atoms with Gasteiger partial charge in [0.15, 0.2) is 0 Å². The molecule has 0 aliphatic carbocycles. The van der Waals surface area contributed by atoms with Crippen molar-refractivity contribution in [3.8, 4) is 0 Å². The number of aldehydes is 1. The van der Waals surface area contributed by atoms with Crippen LogP contribution in [0, 0.1) is 12.3 Å². The molecule has 1 atom stereocenters. The van der Waals surface area contributed by atoms with E-state index in [9.17, 15) is 13.2 Å². The zero-order chi connectivity index (χ0) is 15.0. The number of benzene rings is 1. The zero-order valence-electron chi connectivity index (χ0n) is 12.0. The lowest BCUT2D eigenvalue weighted by Gasteiger charge is -2.18. The smallest absolute Gasteiger partial charge is 0.243 e. The van der Waals surface area contributed by atoms with E-state index in [1.807, 2.05) is 19.9 Å². The van der Waals surface area contributed by atoms with Crippen molar-refractivity contribution in [3.05, 3.63) is 41.5 Å². The Labute approximate surface area is 120 Å². The summed E-state index contributed by atoms with van der Waals surface area (Å²) in [6.45, 7) is 6.00. The van der Waals surface area contributed by atoms with Crippen LogP contribution in [0.15, 0.2) is 40.8 Å². The van der Waals surface area contributed by atoms with Crippen molar-refractivity contribution >= 4 is 16.3 Å². The Morgan fingerprint density at radius 1 is 1.25 bits per heavy atom. The van der Waals surface area contributed by atoms with Crippen LogP contribution in [0.25, 0.3) is 0 Å². The first-order valence-corrected chi connectivity index (χ1v) is 7.96. The summed E-state index contributed by atoms with van der Waals surface area (Å²) in [5, 5.41) is 0. The number of carbonyl (C=O) groups excluding carboxylic acids is 1. The molecule has 0 bridgehead atoms. The molecule has 2 rings (SSSR count). The second-order valence-corrected chi connectivity index (χ2v) is 7.37. The first kappa shape index (κ1) is 14.9. The summed E-state index contributed by atoms with van der Waals surface area (Å²) in [5.41, 5.74) is 1.15. The molecule has 1 saturated heterocycles. The molecule has 108 valence electrons. The molecule has 1 heterocycles. The average Bonchev–Trinajstić information content (AvgIpc) is 2.78. The van der Waals surface area contributed by atoms with E-state index in [-0.39, 0.29) is 18.0 Å². The fourth-order valence-electron chi connectivity index (χ4n) is 2.46. The summed E-state index contributed by atoms with van der Waals surface area (Å²) in [7, 11) is -3.55. The van der Waals surface area contributed by atoms with Crippen molar-refractivity contribution in [2.75, 3.05) is 13.1 Å². The van der Waals surface area contributed by atoms with E-state index >= 15 is 0 Å². The monoisotopic (exact) mass is 293 g/mol. The minimum absolute atomic E-state index is 0.201. The van der Waals surface area contributed by atoms with Gasteiger partial charge in [-0.25, -0.2) is 8.42 Å². The van der Waals surface area contributed by atoms with Crippen LogP contribution in [0.5, 0.6) is 0 Å². The van der Waals surface area contributed by atoms with Gasteiger partial charge in [-0.15, -0.1) is 0 Å². The standard InChI is InChI=1S/C15H19NO3S/c1-4-13-9-16(10-15(13,3)11-17)20(18,19)14-7-5-12(2)6-8-14/h4-8,11H,9-10H2,1-3H3/b13-4+/t15-/m0/s1. The third kappa shape index (κ3) is 2.43. The van der Waals surface area contributed by atoms with Crippen LogP contribution < -0.4 is 0 Å². The predicted octanol–water partition coefficient (Wildman–Crippen LogP) is 2.15. The second-order valence-electron chi connectivity index (χ2n) is 5.44. The third-order valence-electron chi connectivity index (χ3n) is 3.85. The van der Waals surface area contributed by atoms with Gasteiger partial charge >= 0.3 is 0 Å². The largest absolute Gasteiger partial charge is 0.302 e. The summed E-state index contributed by atoms with van der Waals surface area (Å²) in [4.78, 5) is 11.6. The van der Waals surface area contributed by atoms with Crippen LogP contribution in [0.2, 0.25) is 0 Å². The van der Waals surface area contributed by atoms with Crippen molar-refractivity contribution in [3.63, 3.8) is 0 Å². The molecular weight excluding hydrogens is 274 g/mol. The molecule has 0 N–H and O–H groups in total. The first-order valence-electron chi connectivity index (χ1n) is 6.52. The van der Waals surface area contributed by atoms with Crippen molar-refractivity contribution < 1.29 is 13.2 Å². The normalized spacial score (nSPS) is 26.1. The molecule has 0 unspecified atom stereocenters. The fourth-order valence-corrected chi connectivity index (χ4v) is 3.98. The van der Waals surface area contributed by atoms with Gasteiger partial charge in [0.05, 0.1) is 10.3 Å². The zero-order valence-corrected chi connectivity index (χ0v) is 12.8. The van der Waals surface area contributed by atoms with Crippen LogP contribution in [-0.4, -0.2) is 32.1 Å². The van der Waals surface area contributed by atoms with Gasteiger partial charge in [0.25, 0.3) is 0 Å². The van der Waals surface area contributed by atoms with Gasteiger partial charge < -0.3 is 4.79 Å². The van der Waals surface area contributed by atoms with Gasteiger partial charge in [0.1, 0.15) is 6.29 Å². The van der Waals surface area contributed by atoms with Crippen molar-refractivity contribution in [1.29, 1.82) is 0 Å². The minimum Gasteiger partial charge on any atom is -0.302 e. The number of sulfonamides is 1. The highest BCUT2D eigenvalue weighted by Gasteiger charge is 2.43. The summed E-state index contributed by atoms with van der Waals surface area (Å²) >= 11 is 0. The highest BCUT2D eigenvalue weighted by atomic mass is 32.2. The lowest BCUT2D eigenvalue weighted by Crippen LogP contribution is -2.31. The van der Waals surface area contributed by atoms with Crippen molar-refractivity contribution in [1.82, 2.24) is 4.31 Å². The highest BCUT2D eigenvalue weighted by molar-refractivity contribution is 7.89. The summed E-state index contributed by atoms with van der Waals surface area (Å²) < 4.78 is 26.6. The number of carbonyl (C=O) groups is 1. The molecule has 4 nitrogen and oxygen atoms in total. The first-order chi connectivity index (χ1) is 9.33. The Morgan fingerprint density at radius 3 is 2.30 bits per heavy atom. The number of aryl methyl sites for hydroxylation is 1. The van der Waals surface area contributed by atoms with Gasteiger partial charge in [-0.2, -0.15) is 4.31 Å². The number of nitrogens with zero attached hydrogens (tertiary/aromatic N) is 1. The number of allylic oxidation sites excluding steroid dienone is 1. The molecule has 20 heavy (non-hydrogen) atoms. The Hall–Kier alpha value is -1.46. The quantitative estimate of drug-likeness (QED) is 0.634. The number of hydrogen-bond donors (Lipinski definition) is 0. The maximum absolute atomic E-state index is 12.6. The summed E-state index contributed by atoms with van der Waals surface area (Å²) in [5.74, 6) is 0. The topological polar surface area (TPSA) is 54.5 Å². The molecule has 0 spiro atoms. The Bertz CT molecular complexity index is 646. The number of hydrogen-bond acceptors (Lipinski definition) is 3. The molecule has 1 aromatic carbocycles. The maximum atomic E-state index is 12.6. The maximum Gasteiger partial charge on any atom is 0.243 e. The van der Waals surface area contributed by atoms with Gasteiger partial charge in [-0.1, -0.05) is 23.8 Å². The minimum atomic E-state index is -3.55. The van der Waals surface area contributed by atoms with E-state index in [4.69, 9.17) is 0 Å². The molecule has 0 amide bonds. The van der Waals surface area contributed by atoms with E-state index < -0.39 is 15.4 Å². The SMILES string of the molecule is C/C=C1\CN(S(=O)(=O)c2ccc(C)cc2)C[C@@]1(C)C=O.